The van der Waals surface area contributed by atoms with Crippen LogP contribution in [0, 0.1) is 5.92 Å². The van der Waals surface area contributed by atoms with Gasteiger partial charge in [0.15, 0.2) is 6.61 Å². The summed E-state index contributed by atoms with van der Waals surface area (Å²) in [5, 5.41) is 5.58. The van der Waals surface area contributed by atoms with Gasteiger partial charge in [0.1, 0.15) is 5.75 Å². The van der Waals surface area contributed by atoms with Crippen LogP contribution in [-0.4, -0.2) is 43.3 Å². The van der Waals surface area contributed by atoms with Crippen LogP contribution in [0.2, 0.25) is 0 Å². The van der Waals surface area contributed by atoms with Gasteiger partial charge in [-0.3, -0.25) is 9.59 Å². The van der Waals surface area contributed by atoms with Crippen LogP contribution >= 0.6 is 11.8 Å². The van der Waals surface area contributed by atoms with Crippen molar-refractivity contribution in [2.45, 2.75) is 31.7 Å². The number of amides is 2. The highest BCUT2D eigenvalue weighted by Gasteiger charge is 2.17. The third-order valence-corrected chi connectivity index (χ3v) is 5.62. The van der Waals surface area contributed by atoms with Gasteiger partial charge in [0.2, 0.25) is 5.91 Å². The summed E-state index contributed by atoms with van der Waals surface area (Å²) in [6.45, 7) is 5.53. The van der Waals surface area contributed by atoms with E-state index in [0.29, 0.717) is 21.9 Å². The minimum Gasteiger partial charge on any atom is -0.497 e. The van der Waals surface area contributed by atoms with Gasteiger partial charge in [0.05, 0.1) is 18.4 Å². The number of nitrogens with one attached hydrogen (secondary N) is 2. The number of carbonyl (C=O) groups is 3. The lowest BCUT2D eigenvalue weighted by molar-refractivity contribution is -0.125. The molecule has 8 heteroatoms. The van der Waals surface area contributed by atoms with Crippen molar-refractivity contribution < 1.29 is 23.9 Å². The lowest BCUT2D eigenvalue weighted by Gasteiger charge is -2.17. The molecule has 2 rings (SSSR count). The molecule has 0 saturated heterocycles. The van der Waals surface area contributed by atoms with E-state index in [1.165, 1.54) is 11.8 Å². The number of ether oxygens (including phenoxy) is 2. The number of thioether (sulfide) groups is 1. The number of esters is 1. The first-order valence-electron chi connectivity index (χ1n) is 9.92. The summed E-state index contributed by atoms with van der Waals surface area (Å²) in [5.74, 6) is -0.150. The van der Waals surface area contributed by atoms with Crippen molar-refractivity contribution in [3.8, 4) is 5.75 Å². The van der Waals surface area contributed by atoms with Gasteiger partial charge in [-0.05, 0) is 37.1 Å². The van der Waals surface area contributed by atoms with Crippen molar-refractivity contribution in [1.82, 2.24) is 5.32 Å². The van der Waals surface area contributed by atoms with Crippen LogP contribution in [0.3, 0.4) is 0 Å². The van der Waals surface area contributed by atoms with Crippen LogP contribution < -0.4 is 15.4 Å². The van der Waals surface area contributed by atoms with Crippen LogP contribution in [0.5, 0.6) is 5.75 Å². The Balaban J connectivity index is 1.91. The number of carbonyl (C=O) groups excluding carboxylic acids is 3. The molecule has 166 valence electrons. The molecule has 2 N–H and O–H groups in total. The number of anilines is 1. The SMILES string of the molecule is COc1cccc(NC(=O)CSc2ccccc2C(=O)OCC(=O)N[C@H](C)C(C)C)c1. The first kappa shape index (κ1) is 24.3. The monoisotopic (exact) mass is 444 g/mol. The first-order chi connectivity index (χ1) is 14.8. The second-order valence-corrected chi connectivity index (χ2v) is 8.26. The quantitative estimate of drug-likeness (QED) is 0.428. The van der Waals surface area contributed by atoms with Gasteiger partial charge in [0, 0.05) is 22.7 Å². The van der Waals surface area contributed by atoms with Gasteiger partial charge in [-0.1, -0.05) is 32.0 Å². The van der Waals surface area contributed by atoms with Gasteiger partial charge >= 0.3 is 5.97 Å². The maximum atomic E-state index is 12.5. The van der Waals surface area contributed by atoms with E-state index >= 15 is 0 Å². The van der Waals surface area contributed by atoms with Gasteiger partial charge < -0.3 is 20.1 Å². The zero-order valence-corrected chi connectivity index (χ0v) is 19.0. The van der Waals surface area contributed by atoms with Crippen molar-refractivity contribution in [2.24, 2.45) is 5.92 Å². The predicted molar refractivity (Wildman–Crippen MR) is 122 cm³/mol. The Morgan fingerprint density at radius 1 is 1.00 bits per heavy atom. The molecule has 7 nitrogen and oxygen atoms in total. The van der Waals surface area contributed by atoms with Crippen molar-refractivity contribution in [3.05, 3.63) is 54.1 Å². The molecule has 0 bridgehead atoms. The fourth-order valence-electron chi connectivity index (χ4n) is 2.47. The normalized spacial score (nSPS) is 11.5. The average Bonchev–Trinajstić information content (AvgIpc) is 2.76. The number of hydrogen-bond donors (Lipinski definition) is 2. The lowest BCUT2D eigenvalue weighted by atomic mass is 10.1. The first-order valence-corrected chi connectivity index (χ1v) is 10.9. The van der Waals surface area contributed by atoms with Gasteiger partial charge in [-0.2, -0.15) is 0 Å². The summed E-state index contributed by atoms with van der Waals surface area (Å²) in [6, 6.07) is 13.9. The molecule has 31 heavy (non-hydrogen) atoms. The summed E-state index contributed by atoms with van der Waals surface area (Å²) in [4.78, 5) is 37.3. The molecule has 0 aromatic heterocycles. The fourth-order valence-corrected chi connectivity index (χ4v) is 3.31. The Hall–Kier alpha value is -3.00. The van der Waals surface area contributed by atoms with E-state index < -0.39 is 5.97 Å². The Morgan fingerprint density at radius 3 is 2.45 bits per heavy atom. The van der Waals surface area contributed by atoms with E-state index in [2.05, 4.69) is 10.6 Å². The third kappa shape index (κ3) is 7.97. The number of methoxy groups -OCH3 is 1. The highest BCUT2D eigenvalue weighted by atomic mass is 32.2. The van der Waals surface area contributed by atoms with Crippen molar-refractivity contribution >= 4 is 35.2 Å². The van der Waals surface area contributed by atoms with E-state index in [4.69, 9.17) is 9.47 Å². The number of benzene rings is 2. The molecule has 0 aliphatic carbocycles. The lowest BCUT2D eigenvalue weighted by Crippen LogP contribution is -2.38. The molecular formula is C23H28N2O5S. The molecule has 2 aromatic rings. The summed E-state index contributed by atoms with van der Waals surface area (Å²) in [6.07, 6.45) is 0. The molecule has 0 spiro atoms. The summed E-state index contributed by atoms with van der Waals surface area (Å²) < 4.78 is 10.3. The zero-order valence-electron chi connectivity index (χ0n) is 18.1. The highest BCUT2D eigenvalue weighted by molar-refractivity contribution is 8.00. The Kier molecular flexibility index (Phi) is 9.40. The maximum absolute atomic E-state index is 12.5. The van der Waals surface area contributed by atoms with Gasteiger partial charge in [0.25, 0.3) is 5.91 Å². The fraction of sp³-hybridized carbons (Fsp3) is 0.348. The largest absolute Gasteiger partial charge is 0.497 e. The predicted octanol–water partition coefficient (Wildman–Crippen LogP) is 3.74. The number of hydrogen-bond acceptors (Lipinski definition) is 6. The van der Waals surface area contributed by atoms with Crippen molar-refractivity contribution in [3.63, 3.8) is 0 Å². The van der Waals surface area contributed by atoms with Crippen molar-refractivity contribution in [2.75, 3.05) is 24.8 Å². The average molecular weight is 445 g/mol. The second kappa shape index (κ2) is 12.0. The maximum Gasteiger partial charge on any atom is 0.339 e. The van der Waals surface area contributed by atoms with Crippen molar-refractivity contribution in [1.29, 1.82) is 0 Å². The summed E-state index contributed by atoms with van der Waals surface area (Å²) >= 11 is 1.22. The van der Waals surface area contributed by atoms with Crippen LogP contribution in [-0.2, 0) is 14.3 Å². The Morgan fingerprint density at radius 2 is 1.74 bits per heavy atom. The molecule has 1 atom stereocenters. The summed E-state index contributed by atoms with van der Waals surface area (Å²) in [7, 11) is 1.56. The minimum atomic E-state index is -0.608. The van der Waals surface area contributed by atoms with E-state index in [0.717, 1.165) is 0 Å². The molecule has 0 saturated carbocycles. The van der Waals surface area contributed by atoms with E-state index in [1.807, 2.05) is 20.8 Å². The summed E-state index contributed by atoms with van der Waals surface area (Å²) in [5.41, 5.74) is 0.936. The smallest absolute Gasteiger partial charge is 0.339 e. The molecule has 2 amide bonds. The standard InChI is InChI=1S/C23H28N2O5S/c1-15(2)16(3)24-21(26)13-30-23(28)19-10-5-6-11-20(19)31-14-22(27)25-17-8-7-9-18(12-17)29-4/h5-12,15-16H,13-14H2,1-4H3,(H,24,26)(H,25,27)/t16-/m1/s1. The number of rotatable bonds is 10. The molecule has 0 heterocycles. The van der Waals surface area contributed by atoms with Crippen LogP contribution in [0.1, 0.15) is 31.1 Å². The minimum absolute atomic E-state index is 0.0165. The van der Waals surface area contributed by atoms with Crippen LogP contribution in [0.25, 0.3) is 0 Å². The molecule has 0 fully saturated rings. The Labute approximate surface area is 186 Å². The molecular weight excluding hydrogens is 416 g/mol. The van der Waals surface area contributed by atoms with Gasteiger partial charge in [-0.15, -0.1) is 11.8 Å². The Bertz CT molecular complexity index is 916. The highest BCUT2D eigenvalue weighted by Crippen LogP contribution is 2.24. The zero-order chi connectivity index (χ0) is 22.8. The van der Waals surface area contributed by atoms with Crippen LogP contribution in [0.15, 0.2) is 53.4 Å². The topological polar surface area (TPSA) is 93.7 Å². The molecule has 0 aliphatic heterocycles. The molecule has 2 aromatic carbocycles. The molecule has 0 radical (unpaired) electrons. The van der Waals surface area contributed by atoms with E-state index in [-0.39, 0.29) is 36.1 Å². The van der Waals surface area contributed by atoms with E-state index in [1.54, 1.807) is 55.6 Å². The van der Waals surface area contributed by atoms with Gasteiger partial charge in [-0.25, -0.2) is 4.79 Å². The second-order valence-electron chi connectivity index (χ2n) is 7.24. The van der Waals surface area contributed by atoms with Crippen LogP contribution in [0.4, 0.5) is 5.69 Å². The third-order valence-electron chi connectivity index (χ3n) is 4.54. The molecule has 0 unspecified atom stereocenters. The molecule has 0 aliphatic rings. The van der Waals surface area contributed by atoms with E-state index in [9.17, 15) is 14.4 Å².